The lowest BCUT2D eigenvalue weighted by Crippen LogP contribution is -2.74. The standard InChI is InChI=1S/C56H36F3NOSi/c57-39-18-26-43(27-19-39)62(44-28-20-40(58)21-29-44,45-30-22-41(59)23-31-45)46-32-24-42(25-33-46)60(52-36-35-47(37-9-2-1-3-10-37)49-13-6-7-14-50(49)52)53-15-8-16-54-55(53)51-34-17-38-11-4-5-12-48(38)56(51)61-54/h1-36H. The molecule has 1 heterocycles. The second-order valence-electron chi connectivity index (χ2n) is 15.6. The summed E-state index contributed by atoms with van der Waals surface area (Å²) in [4.78, 5) is 2.31. The van der Waals surface area contributed by atoms with Crippen LogP contribution in [0.3, 0.4) is 0 Å². The molecule has 1 aromatic heterocycles. The van der Waals surface area contributed by atoms with E-state index in [0.29, 0.717) is 0 Å². The molecule has 0 saturated carbocycles. The van der Waals surface area contributed by atoms with E-state index < -0.39 is 8.07 Å². The molecule has 0 atom stereocenters. The summed E-state index contributed by atoms with van der Waals surface area (Å²) < 4.78 is 50.7. The Morgan fingerprint density at radius 3 is 1.52 bits per heavy atom. The van der Waals surface area contributed by atoms with Crippen LogP contribution >= 0.6 is 0 Å². The van der Waals surface area contributed by atoms with E-state index in [9.17, 15) is 13.2 Å². The number of hydrogen-bond donors (Lipinski definition) is 0. The number of fused-ring (bicyclic) bond motifs is 6. The lowest BCUT2D eigenvalue weighted by molar-refractivity contribution is 0.628. The molecule has 2 nitrogen and oxygen atoms in total. The summed E-state index contributed by atoms with van der Waals surface area (Å²) in [6.45, 7) is 0. The molecular formula is C56H36F3NOSi. The van der Waals surface area contributed by atoms with Gasteiger partial charge in [-0.15, -0.1) is 0 Å². The maximum absolute atomic E-state index is 14.7. The van der Waals surface area contributed by atoms with E-state index in [1.807, 2.05) is 66.7 Å². The van der Waals surface area contributed by atoms with Crippen molar-refractivity contribution >= 4 is 89.4 Å². The summed E-state index contributed by atoms with van der Waals surface area (Å²) in [7, 11) is -3.30. The van der Waals surface area contributed by atoms with Crippen molar-refractivity contribution in [1.29, 1.82) is 0 Å². The van der Waals surface area contributed by atoms with Gasteiger partial charge in [-0.1, -0.05) is 146 Å². The molecule has 0 saturated heterocycles. The molecule has 0 aliphatic rings. The number of nitrogens with zero attached hydrogens (tertiary/aromatic N) is 1. The fourth-order valence-electron chi connectivity index (χ4n) is 9.44. The Morgan fingerprint density at radius 1 is 0.371 bits per heavy atom. The van der Waals surface area contributed by atoms with Crippen molar-refractivity contribution < 1.29 is 17.6 Å². The van der Waals surface area contributed by atoms with Crippen LogP contribution in [0.1, 0.15) is 0 Å². The number of anilines is 3. The van der Waals surface area contributed by atoms with E-state index in [2.05, 4.69) is 120 Å². The van der Waals surface area contributed by atoms with Gasteiger partial charge in [-0.2, -0.15) is 0 Å². The molecule has 0 aliphatic heterocycles. The molecule has 0 N–H and O–H groups in total. The van der Waals surface area contributed by atoms with E-state index in [4.69, 9.17) is 4.42 Å². The Balaban J connectivity index is 1.18. The van der Waals surface area contributed by atoms with Crippen LogP contribution in [0.15, 0.2) is 223 Å². The van der Waals surface area contributed by atoms with Crippen molar-refractivity contribution in [2.75, 3.05) is 4.90 Å². The van der Waals surface area contributed by atoms with Crippen LogP contribution in [-0.4, -0.2) is 8.07 Å². The van der Waals surface area contributed by atoms with Crippen LogP contribution in [0.5, 0.6) is 0 Å². The fourth-order valence-corrected chi connectivity index (χ4v) is 14.1. The Labute approximate surface area is 357 Å². The van der Waals surface area contributed by atoms with Gasteiger partial charge in [-0.05, 0) is 115 Å². The van der Waals surface area contributed by atoms with Crippen molar-refractivity contribution in [1.82, 2.24) is 0 Å². The van der Waals surface area contributed by atoms with Gasteiger partial charge in [-0.25, -0.2) is 13.2 Å². The first-order valence-corrected chi connectivity index (χ1v) is 22.6. The highest BCUT2D eigenvalue weighted by Gasteiger charge is 2.42. The molecule has 0 amide bonds. The SMILES string of the molecule is Fc1ccc([Si](c2ccc(F)cc2)(c2ccc(F)cc2)c2ccc(N(c3ccc(-c4ccccc4)c4ccccc34)c3cccc4oc5c6ccccc6ccc5c34)cc2)cc1. The minimum Gasteiger partial charge on any atom is -0.455 e. The lowest BCUT2D eigenvalue weighted by atomic mass is 9.96. The van der Waals surface area contributed by atoms with E-state index in [0.717, 1.165) is 92.4 Å². The molecular weight excluding hydrogens is 788 g/mol. The first-order chi connectivity index (χ1) is 30.5. The predicted octanol–water partition coefficient (Wildman–Crippen LogP) is 12.8. The molecule has 0 bridgehead atoms. The van der Waals surface area contributed by atoms with Crippen LogP contribution in [-0.2, 0) is 0 Å². The third-order valence-electron chi connectivity index (χ3n) is 12.2. The van der Waals surface area contributed by atoms with Crippen LogP contribution < -0.4 is 25.6 Å². The summed E-state index contributed by atoms with van der Waals surface area (Å²) in [6.07, 6.45) is 0. The smallest absolute Gasteiger partial charge is 0.179 e. The minimum absolute atomic E-state index is 0.361. The number of rotatable bonds is 8. The van der Waals surface area contributed by atoms with E-state index >= 15 is 0 Å². The van der Waals surface area contributed by atoms with Crippen LogP contribution in [0.25, 0.3) is 54.6 Å². The second-order valence-corrected chi connectivity index (χ2v) is 19.4. The summed E-state index contributed by atoms with van der Waals surface area (Å²) in [5.41, 5.74) is 6.69. The Hall–Kier alpha value is -7.67. The van der Waals surface area contributed by atoms with Gasteiger partial charge in [0, 0.05) is 21.8 Å². The molecule has 0 spiro atoms. The van der Waals surface area contributed by atoms with Gasteiger partial charge in [0.05, 0.1) is 16.8 Å². The average Bonchev–Trinajstić information content (AvgIpc) is 3.72. The molecule has 296 valence electrons. The van der Waals surface area contributed by atoms with Gasteiger partial charge in [-0.3, -0.25) is 0 Å². The highest BCUT2D eigenvalue weighted by atomic mass is 28.3. The van der Waals surface area contributed by atoms with Gasteiger partial charge in [0.1, 0.15) is 28.6 Å². The third kappa shape index (κ3) is 6.10. The average molecular weight is 824 g/mol. The van der Waals surface area contributed by atoms with E-state index in [-0.39, 0.29) is 17.5 Å². The molecule has 0 fully saturated rings. The molecule has 11 rings (SSSR count). The maximum Gasteiger partial charge on any atom is 0.179 e. The van der Waals surface area contributed by atoms with Crippen molar-refractivity contribution in [3.05, 3.63) is 236 Å². The summed E-state index contributed by atoms with van der Waals surface area (Å²) in [5, 5.41) is 9.94. The Bertz CT molecular complexity index is 3310. The van der Waals surface area contributed by atoms with E-state index in [1.165, 1.54) is 36.4 Å². The van der Waals surface area contributed by atoms with Gasteiger partial charge in [0.15, 0.2) is 8.07 Å². The second kappa shape index (κ2) is 15.1. The van der Waals surface area contributed by atoms with Crippen molar-refractivity contribution in [3.63, 3.8) is 0 Å². The van der Waals surface area contributed by atoms with Gasteiger partial charge < -0.3 is 9.32 Å². The quantitative estimate of drug-likeness (QED) is 0.112. The lowest BCUT2D eigenvalue weighted by Gasteiger charge is -2.35. The Kier molecular flexibility index (Phi) is 9.09. The third-order valence-corrected chi connectivity index (χ3v) is 17.0. The maximum atomic E-state index is 14.7. The molecule has 62 heavy (non-hydrogen) atoms. The van der Waals surface area contributed by atoms with Crippen LogP contribution in [0.4, 0.5) is 30.2 Å². The van der Waals surface area contributed by atoms with Gasteiger partial charge in [0.2, 0.25) is 0 Å². The van der Waals surface area contributed by atoms with E-state index in [1.54, 1.807) is 0 Å². The van der Waals surface area contributed by atoms with Gasteiger partial charge in [0.25, 0.3) is 0 Å². The zero-order valence-electron chi connectivity index (χ0n) is 33.3. The zero-order chi connectivity index (χ0) is 41.8. The molecule has 0 radical (unpaired) electrons. The number of benzene rings is 10. The number of furan rings is 1. The monoisotopic (exact) mass is 823 g/mol. The van der Waals surface area contributed by atoms with Crippen molar-refractivity contribution in [2.24, 2.45) is 0 Å². The topological polar surface area (TPSA) is 16.4 Å². The molecule has 6 heteroatoms. The first kappa shape index (κ1) is 37.3. The first-order valence-electron chi connectivity index (χ1n) is 20.6. The summed E-state index contributed by atoms with van der Waals surface area (Å²) in [6, 6.07) is 70.3. The molecule has 10 aromatic carbocycles. The van der Waals surface area contributed by atoms with Gasteiger partial charge >= 0.3 is 0 Å². The Morgan fingerprint density at radius 2 is 0.903 bits per heavy atom. The van der Waals surface area contributed by atoms with Crippen LogP contribution in [0.2, 0.25) is 0 Å². The van der Waals surface area contributed by atoms with Crippen molar-refractivity contribution in [3.8, 4) is 11.1 Å². The zero-order valence-corrected chi connectivity index (χ0v) is 34.3. The molecule has 0 unspecified atom stereocenters. The predicted molar refractivity (Wildman–Crippen MR) is 252 cm³/mol. The largest absolute Gasteiger partial charge is 0.455 e. The fraction of sp³-hybridized carbons (Fsp3) is 0. The minimum atomic E-state index is -3.30. The number of halogens is 3. The highest BCUT2D eigenvalue weighted by Crippen LogP contribution is 2.47. The van der Waals surface area contributed by atoms with Crippen molar-refractivity contribution in [2.45, 2.75) is 0 Å². The summed E-state index contributed by atoms with van der Waals surface area (Å²) in [5.74, 6) is -1.08. The van der Waals surface area contributed by atoms with Crippen LogP contribution in [0, 0.1) is 17.5 Å². The number of hydrogen-bond acceptors (Lipinski definition) is 2. The molecule has 11 aromatic rings. The molecule has 0 aliphatic carbocycles. The highest BCUT2D eigenvalue weighted by molar-refractivity contribution is 7.19. The normalized spacial score (nSPS) is 11.8. The summed E-state index contributed by atoms with van der Waals surface area (Å²) >= 11 is 0.